The van der Waals surface area contributed by atoms with Crippen LogP contribution in [0.4, 0.5) is 0 Å². The Hall–Kier alpha value is -2.08. The average molecular weight is 293 g/mol. The molecule has 6 nitrogen and oxygen atoms in total. The molecular weight excluding hydrogens is 270 g/mol. The largest absolute Gasteiger partial charge is 0.409 e. The van der Waals surface area contributed by atoms with E-state index < -0.39 is 5.92 Å². The number of hydrogen-bond acceptors (Lipinski definition) is 4. The molecule has 21 heavy (non-hydrogen) atoms. The molecule has 2 atom stereocenters. The highest BCUT2D eigenvalue weighted by Gasteiger charge is 2.31. The molecule has 116 valence electrons. The van der Waals surface area contributed by atoms with Gasteiger partial charge >= 0.3 is 0 Å². The molecule has 0 saturated carbocycles. The highest BCUT2D eigenvalue weighted by Crippen LogP contribution is 2.20. The van der Waals surface area contributed by atoms with Crippen molar-refractivity contribution in [3.63, 3.8) is 0 Å². The summed E-state index contributed by atoms with van der Waals surface area (Å²) in [6.07, 6.45) is 0. The number of rotatable bonds is 7. The summed E-state index contributed by atoms with van der Waals surface area (Å²) in [6, 6.07) is 8.96. The molecule has 2 unspecified atom stereocenters. The van der Waals surface area contributed by atoms with E-state index in [2.05, 4.69) is 5.16 Å². The Morgan fingerprint density at radius 1 is 1.43 bits per heavy atom. The number of carbonyl (C=O) groups excluding carboxylic acids is 1. The maximum atomic E-state index is 12.8. The van der Waals surface area contributed by atoms with E-state index in [9.17, 15) is 4.79 Å². The van der Waals surface area contributed by atoms with Gasteiger partial charge in [0.25, 0.3) is 0 Å². The molecule has 3 N–H and O–H groups in total. The zero-order valence-electron chi connectivity index (χ0n) is 12.7. The van der Waals surface area contributed by atoms with Gasteiger partial charge in [-0.25, -0.2) is 0 Å². The third-order valence-corrected chi connectivity index (χ3v) is 3.35. The Morgan fingerprint density at radius 3 is 2.52 bits per heavy atom. The quantitative estimate of drug-likeness (QED) is 0.344. The number of nitrogens with two attached hydrogens (primary N) is 1. The van der Waals surface area contributed by atoms with Crippen molar-refractivity contribution in [1.82, 2.24) is 4.90 Å². The van der Waals surface area contributed by atoms with Crippen LogP contribution in [0.1, 0.15) is 25.3 Å². The van der Waals surface area contributed by atoms with E-state index in [0.29, 0.717) is 18.7 Å². The van der Waals surface area contributed by atoms with Crippen molar-refractivity contribution in [2.75, 3.05) is 20.3 Å². The molecule has 0 radical (unpaired) electrons. The highest BCUT2D eigenvalue weighted by molar-refractivity contribution is 6.07. The molecular formula is C15H23N3O3. The van der Waals surface area contributed by atoms with Crippen molar-refractivity contribution >= 4 is 11.7 Å². The summed E-state index contributed by atoms with van der Waals surface area (Å²) in [4.78, 5) is 14.5. The first-order valence-electron chi connectivity index (χ1n) is 6.88. The number of amides is 1. The van der Waals surface area contributed by atoms with Crippen LogP contribution in [0.3, 0.4) is 0 Å². The summed E-state index contributed by atoms with van der Waals surface area (Å²) in [7, 11) is 1.59. The average Bonchev–Trinajstić information content (AvgIpc) is 2.49. The SMILES string of the molecule is CCN(C(=O)C(C(N)=NO)c1ccccc1)C(C)COC. The van der Waals surface area contributed by atoms with E-state index in [1.165, 1.54) is 0 Å². The summed E-state index contributed by atoms with van der Waals surface area (Å²) in [6.45, 7) is 4.74. The Bertz CT molecular complexity index is 476. The zero-order valence-corrected chi connectivity index (χ0v) is 12.7. The van der Waals surface area contributed by atoms with Crippen molar-refractivity contribution in [2.45, 2.75) is 25.8 Å². The second-order valence-electron chi connectivity index (χ2n) is 4.80. The minimum atomic E-state index is -0.796. The van der Waals surface area contributed by atoms with Crippen LogP contribution in [0.2, 0.25) is 0 Å². The Balaban J connectivity index is 3.11. The van der Waals surface area contributed by atoms with Crippen molar-refractivity contribution in [3.05, 3.63) is 35.9 Å². The van der Waals surface area contributed by atoms with Crippen LogP contribution < -0.4 is 5.73 Å². The lowest BCUT2D eigenvalue weighted by molar-refractivity contribution is -0.134. The van der Waals surface area contributed by atoms with Gasteiger partial charge < -0.3 is 20.6 Å². The Kier molecular flexibility index (Phi) is 6.68. The molecule has 0 aromatic heterocycles. The number of oxime groups is 1. The van der Waals surface area contributed by atoms with Crippen LogP contribution in [0.25, 0.3) is 0 Å². The predicted octanol–water partition coefficient (Wildman–Crippen LogP) is 1.40. The number of carbonyl (C=O) groups is 1. The lowest BCUT2D eigenvalue weighted by Crippen LogP contribution is -2.46. The third-order valence-electron chi connectivity index (χ3n) is 3.35. The predicted molar refractivity (Wildman–Crippen MR) is 81.3 cm³/mol. The maximum Gasteiger partial charge on any atom is 0.238 e. The molecule has 1 amide bonds. The molecule has 0 aliphatic carbocycles. The fourth-order valence-electron chi connectivity index (χ4n) is 2.32. The molecule has 0 aliphatic rings. The second-order valence-corrected chi connectivity index (χ2v) is 4.80. The number of ether oxygens (including phenoxy) is 1. The number of nitrogens with zero attached hydrogens (tertiary/aromatic N) is 2. The van der Waals surface area contributed by atoms with Gasteiger partial charge in [-0.2, -0.15) is 0 Å². The highest BCUT2D eigenvalue weighted by atomic mass is 16.5. The van der Waals surface area contributed by atoms with Gasteiger partial charge in [0, 0.05) is 13.7 Å². The van der Waals surface area contributed by atoms with Crippen molar-refractivity contribution in [2.24, 2.45) is 10.9 Å². The fourth-order valence-corrected chi connectivity index (χ4v) is 2.32. The van der Waals surface area contributed by atoms with Crippen molar-refractivity contribution in [3.8, 4) is 0 Å². The topological polar surface area (TPSA) is 88.2 Å². The minimum absolute atomic E-state index is 0.0924. The molecule has 0 saturated heterocycles. The monoisotopic (exact) mass is 293 g/mol. The van der Waals surface area contributed by atoms with Gasteiger partial charge in [0.2, 0.25) is 5.91 Å². The van der Waals surface area contributed by atoms with Crippen LogP contribution in [0.15, 0.2) is 35.5 Å². The van der Waals surface area contributed by atoms with Crippen LogP contribution in [-0.4, -0.2) is 48.2 Å². The summed E-state index contributed by atoms with van der Waals surface area (Å²) in [5.41, 5.74) is 6.43. The first kappa shape index (κ1) is 17.0. The summed E-state index contributed by atoms with van der Waals surface area (Å²) in [5, 5.41) is 12.0. The molecule has 6 heteroatoms. The van der Waals surface area contributed by atoms with Gasteiger partial charge in [0.05, 0.1) is 12.6 Å². The number of amidine groups is 1. The molecule has 1 rings (SSSR count). The number of methoxy groups -OCH3 is 1. The van der Waals surface area contributed by atoms with Gasteiger partial charge in [0.15, 0.2) is 5.84 Å². The standard InChI is InChI=1S/C15H23N3O3/c1-4-18(11(2)10-21-3)15(19)13(14(16)17-20)12-8-6-5-7-9-12/h5-9,11,13,20H,4,10H2,1-3H3,(H2,16,17). The lowest BCUT2D eigenvalue weighted by Gasteiger charge is -2.31. The summed E-state index contributed by atoms with van der Waals surface area (Å²) < 4.78 is 5.10. The van der Waals surface area contributed by atoms with Gasteiger partial charge in [-0.1, -0.05) is 35.5 Å². The van der Waals surface area contributed by atoms with E-state index in [4.69, 9.17) is 15.7 Å². The summed E-state index contributed by atoms with van der Waals surface area (Å²) >= 11 is 0. The van der Waals surface area contributed by atoms with Gasteiger partial charge in [-0.05, 0) is 19.4 Å². The van der Waals surface area contributed by atoms with E-state index in [-0.39, 0.29) is 17.8 Å². The molecule has 0 spiro atoms. The van der Waals surface area contributed by atoms with E-state index in [1.807, 2.05) is 32.0 Å². The van der Waals surface area contributed by atoms with Crippen LogP contribution in [0.5, 0.6) is 0 Å². The van der Waals surface area contributed by atoms with Gasteiger partial charge in [-0.15, -0.1) is 0 Å². The normalized spacial score (nSPS) is 14.5. The number of hydrogen-bond donors (Lipinski definition) is 2. The van der Waals surface area contributed by atoms with Crippen LogP contribution in [-0.2, 0) is 9.53 Å². The van der Waals surface area contributed by atoms with Gasteiger partial charge in [-0.3, -0.25) is 4.79 Å². The molecule has 1 aromatic carbocycles. The number of likely N-dealkylation sites (N-methyl/N-ethyl adjacent to an activating group) is 1. The Morgan fingerprint density at radius 2 is 2.05 bits per heavy atom. The molecule has 0 bridgehead atoms. The minimum Gasteiger partial charge on any atom is -0.409 e. The molecule has 0 aliphatic heterocycles. The van der Waals surface area contributed by atoms with Crippen LogP contribution in [0, 0.1) is 0 Å². The molecule has 0 fully saturated rings. The smallest absolute Gasteiger partial charge is 0.238 e. The van der Waals surface area contributed by atoms with Gasteiger partial charge in [0.1, 0.15) is 5.92 Å². The Labute approximate surface area is 125 Å². The fraction of sp³-hybridized carbons (Fsp3) is 0.467. The molecule has 1 aromatic rings. The molecule has 0 heterocycles. The van der Waals surface area contributed by atoms with E-state index >= 15 is 0 Å². The lowest BCUT2D eigenvalue weighted by atomic mass is 9.96. The maximum absolute atomic E-state index is 12.8. The van der Waals surface area contributed by atoms with E-state index in [1.54, 1.807) is 24.1 Å². The third kappa shape index (κ3) is 4.19. The summed E-state index contributed by atoms with van der Waals surface area (Å²) in [5.74, 6) is -1.12. The van der Waals surface area contributed by atoms with Crippen molar-refractivity contribution < 1.29 is 14.7 Å². The van der Waals surface area contributed by atoms with Crippen LogP contribution >= 0.6 is 0 Å². The first-order valence-corrected chi connectivity index (χ1v) is 6.88. The zero-order chi connectivity index (χ0) is 15.8. The van der Waals surface area contributed by atoms with Crippen molar-refractivity contribution in [1.29, 1.82) is 0 Å². The number of benzene rings is 1. The second kappa shape index (κ2) is 8.26. The van der Waals surface area contributed by atoms with E-state index in [0.717, 1.165) is 0 Å². The first-order chi connectivity index (χ1) is 10.1.